The van der Waals surface area contributed by atoms with E-state index in [1.54, 1.807) is 36.4 Å². The Morgan fingerprint density at radius 3 is 1.74 bits per heavy atom. The minimum Gasteiger partial charge on any atom is -0.456 e. The van der Waals surface area contributed by atoms with E-state index in [0.717, 1.165) is 0 Å². The van der Waals surface area contributed by atoms with E-state index >= 15 is 0 Å². The van der Waals surface area contributed by atoms with Crippen LogP contribution in [0.3, 0.4) is 0 Å². The molecule has 2 nitrogen and oxygen atoms in total. The van der Waals surface area contributed by atoms with Crippen molar-refractivity contribution in [1.29, 1.82) is 0 Å². The second kappa shape index (κ2) is 10.1. The number of rotatable bonds is 5. The maximum atomic E-state index is 9.39. The molecule has 0 saturated heterocycles. The fourth-order valence-corrected chi connectivity index (χ4v) is 4.96. The molecule has 1 aromatic heterocycles. The van der Waals surface area contributed by atoms with Crippen LogP contribution >= 0.6 is 0 Å². The lowest BCUT2D eigenvalue weighted by Gasteiger charge is -2.26. The van der Waals surface area contributed by atoms with Crippen LogP contribution in [-0.2, 0) is 0 Å². The van der Waals surface area contributed by atoms with Crippen LogP contribution in [0, 0.1) is 0 Å². The number of hydrogen-bond donors (Lipinski definition) is 0. The van der Waals surface area contributed by atoms with Gasteiger partial charge in [-0.2, -0.15) is 0 Å². The van der Waals surface area contributed by atoms with E-state index in [4.69, 9.17) is 26.3 Å². The average molecular weight is 555 g/mol. The van der Waals surface area contributed by atoms with Gasteiger partial charge >= 0.3 is 0 Å². The third kappa shape index (κ3) is 4.22. The van der Waals surface area contributed by atoms with Gasteiger partial charge in [-0.05, 0) is 87.5 Å². The average Bonchev–Trinajstić information content (AvgIpc) is 3.64. The van der Waals surface area contributed by atoms with Gasteiger partial charge in [0.15, 0.2) is 0 Å². The molecular weight excluding hydrogens is 510 g/mol. The van der Waals surface area contributed by atoms with Crippen LogP contribution < -0.4 is 4.90 Å². The first-order chi connectivity index (χ1) is 27.9. The van der Waals surface area contributed by atoms with Crippen LogP contribution in [0.25, 0.3) is 55.0 Å². The van der Waals surface area contributed by atoms with Crippen molar-refractivity contribution in [2.24, 2.45) is 0 Å². The Morgan fingerprint density at radius 2 is 1.02 bits per heavy atom. The zero-order valence-corrected chi connectivity index (χ0v) is 21.6. The molecule has 2 heteroatoms. The van der Waals surface area contributed by atoms with Crippen molar-refractivity contribution >= 4 is 49.8 Å². The molecule has 8 aromatic rings. The van der Waals surface area contributed by atoms with Crippen LogP contribution in [0.2, 0.25) is 0 Å². The summed E-state index contributed by atoms with van der Waals surface area (Å²) in [5, 5.41) is 0.428. The highest BCUT2D eigenvalue weighted by Gasteiger charge is 2.14. The third-order valence-corrected chi connectivity index (χ3v) is 6.90. The lowest BCUT2D eigenvalue weighted by molar-refractivity contribution is 0.669. The molecule has 0 fully saturated rings. The van der Waals surface area contributed by atoms with Crippen LogP contribution in [0.4, 0.5) is 17.1 Å². The SMILES string of the molecule is [2H]c1c([2H])c([2H])c(-c2ccc(N(c3ccc(-c4ccc5c([2H])c([2H])c6oc7c([2H])c([2H])c([2H])c([2H])c7c6c5c4[2H])cc3)c3c([2H])c([2H])c([2H])c([2H])c3[2H])cc2)c([2H])c1[2H]. The summed E-state index contributed by atoms with van der Waals surface area (Å²) < 4.78 is 150. The van der Waals surface area contributed by atoms with Gasteiger partial charge < -0.3 is 9.32 Å². The molecule has 0 aliphatic heterocycles. The summed E-state index contributed by atoms with van der Waals surface area (Å²) in [5.41, 5.74) is 1.13. The molecule has 1 heterocycles. The highest BCUT2D eigenvalue weighted by Crippen LogP contribution is 2.39. The van der Waals surface area contributed by atoms with E-state index in [1.807, 2.05) is 0 Å². The number of benzene rings is 7. The van der Waals surface area contributed by atoms with Crippen LogP contribution in [-0.4, -0.2) is 0 Å². The van der Waals surface area contributed by atoms with Gasteiger partial charge in [0.05, 0.1) is 23.3 Å². The van der Waals surface area contributed by atoms with Crippen LogP contribution in [0.15, 0.2) is 168 Å². The second-order valence-electron chi connectivity index (χ2n) is 9.32. The maximum Gasteiger partial charge on any atom is 0.136 e. The Hall–Kier alpha value is -5.60. The van der Waals surface area contributed by atoms with E-state index in [0.29, 0.717) is 22.5 Å². The first-order valence-electron chi connectivity index (χ1n) is 21.4. The molecule has 0 amide bonds. The molecule has 0 unspecified atom stereocenters. The van der Waals surface area contributed by atoms with E-state index in [-0.39, 0.29) is 67.7 Å². The Labute approximate surface area is 268 Å². The van der Waals surface area contributed by atoms with Gasteiger partial charge in [0.25, 0.3) is 0 Å². The number of hydrogen-bond acceptors (Lipinski definition) is 2. The number of furan rings is 1. The van der Waals surface area contributed by atoms with Gasteiger partial charge in [0, 0.05) is 27.8 Å². The third-order valence-electron chi connectivity index (χ3n) is 6.90. The van der Waals surface area contributed by atoms with Crippen LogP contribution in [0.5, 0.6) is 0 Å². The summed E-state index contributed by atoms with van der Waals surface area (Å²) in [4.78, 5) is 1.42. The fourth-order valence-electron chi connectivity index (χ4n) is 4.96. The first-order valence-corrected chi connectivity index (χ1v) is 12.9. The van der Waals surface area contributed by atoms with Gasteiger partial charge in [0.1, 0.15) is 11.2 Å². The highest BCUT2D eigenvalue weighted by molar-refractivity contribution is 6.19. The Kier molecular flexibility index (Phi) is 3.01. The van der Waals surface area contributed by atoms with E-state index in [9.17, 15) is 1.37 Å². The topological polar surface area (TPSA) is 16.4 Å². The molecule has 0 bridgehead atoms. The summed E-state index contributed by atoms with van der Waals surface area (Å²) >= 11 is 0. The Bertz CT molecular complexity index is 3070. The molecule has 0 saturated carbocycles. The van der Waals surface area contributed by atoms with Gasteiger partial charge in [-0.15, -0.1) is 0 Å². The van der Waals surface area contributed by atoms with Crippen molar-refractivity contribution in [3.63, 3.8) is 0 Å². The lowest BCUT2D eigenvalue weighted by Crippen LogP contribution is -2.09. The molecule has 0 atom stereocenters. The van der Waals surface area contributed by atoms with Crippen molar-refractivity contribution < 1.29 is 27.7 Å². The van der Waals surface area contributed by atoms with Crippen molar-refractivity contribution in [3.05, 3.63) is 163 Å². The van der Waals surface area contributed by atoms with Crippen molar-refractivity contribution in [2.75, 3.05) is 4.90 Å². The monoisotopic (exact) mass is 554 g/mol. The first kappa shape index (κ1) is 12.5. The van der Waals surface area contributed by atoms with Crippen LogP contribution in [0.1, 0.15) is 23.3 Å². The van der Waals surface area contributed by atoms with Gasteiger partial charge in [0.2, 0.25) is 0 Å². The summed E-state index contributed by atoms with van der Waals surface area (Å²) in [6, 6.07) is 7.89. The molecule has 8 rings (SSSR count). The quantitative estimate of drug-likeness (QED) is 0.210. The molecule has 198 valence electrons. The van der Waals surface area contributed by atoms with Gasteiger partial charge in [-0.3, -0.25) is 0 Å². The lowest BCUT2D eigenvalue weighted by atomic mass is 9.98. The number of nitrogens with zero attached hydrogens (tertiary/aromatic N) is 1. The molecule has 0 spiro atoms. The van der Waals surface area contributed by atoms with E-state index < -0.39 is 84.6 Å². The van der Waals surface area contributed by atoms with Crippen molar-refractivity contribution in [2.45, 2.75) is 0 Å². The summed E-state index contributed by atoms with van der Waals surface area (Å²) in [5.74, 6) is 0. The number of anilines is 3. The van der Waals surface area contributed by atoms with Gasteiger partial charge in [-0.1, -0.05) is 109 Å². The van der Waals surface area contributed by atoms with Gasteiger partial charge in [-0.25, -0.2) is 0 Å². The summed E-state index contributed by atoms with van der Waals surface area (Å²) in [6.45, 7) is 0. The maximum absolute atomic E-state index is 9.39. The number of fused-ring (bicyclic) bond motifs is 5. The smallest absolute Gasteiger partial charge is 0.136 e. The predicted octanol–water partition coefficient (Wildman–Crippen LogP) is 11.5. The Balaban J connectivity index is 1.31. The Morgan fingerprint density at radius 1 is 0.429 bits per heavy atom. The summed E-state index contributed by atoms with van der Waals surface area (Å²) in [6.07, 6.45) is 0. The molecule has 0 N–H and O–H groups in total. The molecular formula is C40H27NO. The molecule has 0 aliphatic rings. The molecule has 0 radical (unpaired) electrons. The predicted molar refractivity (Wildman–Crippen MR) is 177 cm³/mol. The minimum atomic E-state index is -0.599. The normalized spacial score (nSPS) is 17.0. The van der Waals surface area contributed by atoms with Crippen molar-refractivity contribution in [3.8, 4) is 22.3 Å². The molecule has 7 aromatic carbocycles. The standard InChI is InChI=1S/C40H27NO/c1-3-9-28(10-4-1)29-17-22-34(23-18-29)41(33-11-5-2-6-12-33)35-24-19-30(20-25-35)32-16-15-31-21-26-39-40(37(31)27-32)36-13-7-8-14-38(36)42-39/h1-27H/i1D,2D,3D,4D,5D,6D,7D,8D,9D,10D,11D,12D,13D,14D,21D,26D,27D. The molecule has 42 heavy (non-hydrogen) atoms. The molecule has 0 aliphatic carbocycles. The number of para-hydroxylation sites is 2. The highest BCUT2D eigenvalue weighted by atomic mass is 16.3. The van der Waals surface area contributed by atoms with E-state index in [1.165, 1.54) is 29.2 Å². The second-order valence-corrected chi connectivity index (χ2v) is 9.32. The summed E-state index contributed by atoms with van der Waals surface area (Å²) in [7, 11) is 0. The van der Waals surface area contributed by atoms with E-state index in [2.05, 4.69) is 0 Å². The van der Waals surface area contributed by atoms with Crippen molar-refractivity contribution in [1.82, 2.24) is 0 Å². The largest absolute Gasteiger partial charge is 0.456 e. The minimum absolute atomic E-state index is 0.0163. The zero-order chi connectivity index (χ0) is 42.7. The zero-order valence-electron chi connectivity index (χ0n) is 38.6. The fraction of sp³-hybridized carbons (Fsp3) is 0.